The summed E-state index contributed by atoms with van der Waals surface area (Å²) < 4.78 is 5.45. The smallest absolute Gasteiger partial charge is 0.222 e. The van der Waals surface area contributed by atoms with Crippen molar-refractivity contribution in [2.75, 3.05) is 26.7 Å². The second-order valence-electron chi connectivity index (χ2n) is 6.61. The van der Waals surface area contributed by atoms with E-state index >= 15 is 0 Å². The average molecular weight is 355 g/mol. The zero-order chi connectivity index (χ0) is 16.7. The summed E-state index contributed by atoms with van der Waals surface area (Å²) in [6, 6.07) is 7.99. The van der Waals surface area contributed by atoms with Crippen LogP contribution in [-0.2, 0) is 11.3 Å². The lowest BCUT2D eigenvalue weighted by atomic mass is 9.85. The van der Waals surface area contributed by atoms with E-state index in [0.717, 1.165) is 24.4 Å². The van der Waals surface area contributed by atoms with Crippen molar-refractivity contribution in [2.45, 2.75) is 39.7 Å². The molecule has 0 radical (unpaired) electrons. The van der Waals surface area contributed by atoms with Crippen molar-refractivity contribution in [3.05, 3.63) is 29.8 Å². The summed E-state index contributed by atoms with van der Waals surface area (Å²) in [6.07, 6.45) is 3.11. The van der Waals surface area contributed by atoms with Crippen LogP contribution in [0.25, 0.3) is 0 Å². The summed E-state index contributed by atoms with van der Waals surface area (Å²) in [4.78, 5) is 14.3. The van der Waals surface area contributed by atoms with E-state index < -0.39 is 0 Å². The molecule has 1 aromatic rings. The van der Waals surface area contributed by atoms with E-state index in [1.807, 2.05) is 43.1 Å². The standard InChI is InChI=1S/C19H30N2O2.ClH/c1-4-23-18-9-7-16(8-10-18)14-21(3)19(22)12-15(2)17-6-5-11-20-13-17;/h7-10,15,17,20H,4-6,11-14H2,1-3H3;1H. The number of carbonyl (C=O) groups excluding carboxylic acids is 1. The lowest BCUT2D eigenvalue weighted by Crippen LogP contribution is -2.36. The second kappa shape index (κ2) is 10.6. The molecule has 4 nitrogen and oxygen atoms in total. The summed E-state index contributed by atoms with van der Waals surface area (Å²) in [5.41, 5.74) is 1.14. The van der Waals surface area contributed by atoms with Crippen LogP contribution in [0.15, 0.2) is 24.3 Å². The number of nitrogens with one attached hydrogen (secondary N) is 1. The number of hydrogen-bond acceptors (Lipinski definition) is 3. The monoisotopic (exact) mass is 354 g/mol. The van der Waals surface area contributed by atoms with Gasteiger partial charge in [-0.2, -0.15) is 0 Å². The first-order valence-electron chi connectivity index (χ1n) is 8.76. The fourth-order valence-corrected chi connectivity index (χ4v) is 3.18. The number of benzene rings is 1. The normalized spacial score (nSPS) is 18.4. The van der Waals surface area contributed by atoms with Gasteiger partial charge in [0.05, 0.1) is 6.61 Å². The van der Waals surface area contributed by atoms with Crippen molar-refractivity contribution in [3.63, 3.8) is 0 Å². The van der Waals surface area contributed by atoms with Crippen LogP contribution < -0.4 is 10.1 Å². The molecule has 0 spiro atoms. The Balaban J connectivity index is 0.00000288. The Labute approximate surface area is 152 Å². The summed E-state index contributed by atoms with van der Waals surface area (Å²) in [7, 11) is 1.89. The lowest BCUT2D eigenvalue weighted by Gasteiger charge is -2.29. The highest BCUT2D eigenvalue weighted by Crippen LogP contribution is 2.23. The SMILES string of the molecule is CCOc1ccc(CN(C)C(=O)CC(C)C2CCCNC2)cc1.Cl. The largest absolute Gasteiger partial charge is 0.494 e. The third-order valence-electron chi connectivity index (χ3n) is 4.72. The minimum Gasteiger partial charge on any atom is -0.494 e. The first-order chi connectivity index (χ1) is 11.1. The van der Waals surface area contributed by atoms with E-state index in [4.69, 9.17) is 4.74 Å². The van der Waals surface area contributed by atoms with Crippen molar-refractivity contribution < 1.29 is 9.53 Å². The van der Waals surface area contributed by atoms with E-state index in [1.54, 1.807) is 0 Å². The van der Waals surface area contributed by atoms with Crippen LogP contribution in [-0.4, -0.2) is 37.6 Å². The van der Waals surface area contributed by atoms with E-state index in [0.29, 0.717) is 31.4 Å². The molecule has 2 unspecified atom stereocenters. The topological polar surface area (TPSA) is 41.6 Å². The molecule has 0 bridgehead atoms. The molecule has 1 amide bonds. The molecule has 1 saturated heterocycles. The van der Waals surface area contributed by atoms with Gasteiger partial charge in [-0.15, -0.1) is 12.4 Å². The van der Waals surface area contributed by atoms with Gasteiger partial charge in [0.15, 0.2) is 0 Å². The quantitative estimate of drug-likeness (QED) is 0.814. The fraction of sp³-hybridized carbons (Fsp3) is 0.632. The van der Waals surface area contributed by atoms with Gasteiger partial charge in [0.1, 0.15) is 5.75 Å². The van der Waals surface area contributed by atoms with Gasteiger partial charge in [-0.3, -0.25) is 4.79 Å². The van der Waals surface area contributed by atoms with Gasteiger partial charge in [0.25, 0.3) is 0 Å². The molecule has 1 aliphatic heterocycles. The van der Waals surface area contributed by atoms with Gasteiger partial charge in [-0.25, -0.2) is 0 Å². The number of carbonyl (C=O) groups is 1. The Bertz CT molecular complexity index is 487. The van der Waals surface area contributed by atoms with E-state index in [-0.39, 0.29) is 18.3 Å². The van der Waals surface area contributed by atoms with Crippen LogP contribution >= 0.6 is 12.4 Å². The van der Waals surface area contributed by atoms with E-state index in [2.05, 4.69) is 12.2 Å². The van der Waals surface area contributed by atoms with Gasteiger partial charge in [0.2, 0.25) is 5.91 Å². The van der Waals surface area contributed by atoms with Crippen LogP contribution in [0.4, 0.5) is 0 Å². The van der Waals surface area contributed by atoms with Crippen LogP contribution in [0, 0.1) is 11.8 Å². The molecular formula is C19H31ClN2O2. The molecule has 1 aliphatic rings. The molecule has 0 aromatic heterocycles. The summed E-state index contributed by atoms with van der Waals surface area (Å²) in [6.45, 7) is 7.68. The zero-order valence-electron chi connectivity index (χ0n) is 15.1. The van der Waals surface area contributed by atoms with Crippen LogP contribution in [0.2, 0.25) is 0 Å². The highest BCUT2D eigenvalue weighted by Gasteiger charge is 2.23. The Morgan fingerprint density at radius 2 is 2.08 bits per heavy atom. The summed E-state index contributed by atoms with van der Waals surface area (Å²) >= 11 is 0. The Morgan fingerprint density at radius 3 is 2.67 bits per heavy atom. The van der Waals surface area contributed by atoms with Crippen molar-refractivity contribution in [1.29, 1.82) is 0 Å². The predicted octanol–water partition coefficient (Wildman–Crippen LogP) is 3.49. The van der Waals surface area contributed by atoms with E-state index in [1.165, 1.54) is 12.8 Å². The number of piperidine rings is 1. The Hall–Kier alpha value is -1.26. The molecule has 2 atom stereocenters. The van der Waals surface area contributed by atoms with Crippen molar-refractivity contribution in [1.82, 2.24) is 10.2 Å². The highest BCUT2D eigenvalue weighted by molar-refractivity contribution is 5.85. The number of hydrogen-bond donors (Lipinski definition) is 1. The van der Waals surface area contributed by atoms with Crippen LogP contribution in [0.1, 0.15) is 38.7 Å². The van der Waals surface area contributed by atoms with Gasteiger partial charge in [-0.05, 0) is 62.4 Å². The van der Waals surface area contributed by atoms with Crippen LogP contribution in [0.5, 0.6) is 5.75 Å². The maximum atomic E-state index is 12.5. The molecule has 2 rings (SSSR count). The molecular weight excluding hydrogens is 324 g/mol. The van der Waals surface area contributed by atoms with Gasteiger partial charge >= 0.3 is 0 Å². The zero-order valence-corrected chi connectivity index (χ0v) is 15.9. The molecule has 1 heterocycles. The maximum absolute atomic E-state index is 12.5. The number of ether oxygens (including phenoxy) is 1. The molecule has 1 N–H and O–H groups in total. The van der Waals surface area contributed by atoms with Gasteiger partial charge in [0, 0.05) is 20.0 Å². The maximum Gasteiger partial charge on any atom is 0.222 e. The van der Waals surface area contributed by atoms with Crippen molar-refractivity contribution in [2.24, 2.45) is 11.8 Å². The summed E-state index contributed by atoms with van der Waals surface area (Å²) in [5.74, 6) is 2.19. The van der Waals surface area contributed by atoms with Crippen LogP contribution in [0.3, 0.4) is 0 Å². The van der Waals surface area contributed by atoms with Crippen molar-refractivity contribution >= 4 is 18.3 Å². The first kappa shape index (κ1) is 20.8. The number of halogens is 1. The molecule has 24 heavy (non-hydrogen) atoms. The fourth-order valence-electron chi connectivity index (χ4n) is 3.18. The average Bonchev–Trinajstić information content (AvgIpc) is 2.57. The first-order valence-corrected chi connectivity index (χ1v) is 8.76. The predicted molar refractivity (Wildman–Crippen MR) is 101 cm³/mol. The third kappa shape index (κ3) is 6.33. The molecule has 1 aromatic carbocycles. The van der Waals surface area contributed by atoms with Crippen molar-refractivity contribution in [3.8, 4) is 5.75 Å². The third-order valence-corrected chi connectivity index (χ3v) is 4.72. The molecule has 136 valence electrons. The lowest BCUT2D eigenvalue weighted by molar-refractivity contribution is -0.131. The molecule has 1 fully saturated rings. The Kier molecular flexibility index (Phi) is 9.16. The van der Waals surface area contributed by atoms with Gasteiger partial charge in [-0.1, -0.05) is 19.1 Å². The number of rotatable bonds is 7. The van der Waals surface area contributed by atoms with Gasteiger partial charge < -0.3 is 15.0 Å². The highest BCUT2D eigenvalue weighted by atomic mass is 35.5. The summed E-state index contributed by atoms with van der Waals surface area (Å²) in [5, 5.41) is 3.44. The number of amides is 1. The minimum absolute atomic E-state index is 0. The molecule has 0 aliphatic carbocycles. The Morgan fingerprint density at radius 1 is 1.38 bits per heavy atom. The molecule has 0 saturated carbocycles. The number of nitrogens with zero attached hydrogens (tertiary/aromatic N) is 1. The molecule has 5 heteroatoms. The second-order valence-corrected chi connectivity index (χ2v) is 6.61. The van der Waals surface area contributed by atoms with E-state index in [9.17, 15) is 4.79 Å². The minimum atomic E-state index is 0.